The third-order valence-electron chi connectivity index (χ3n) is 3.73. The minimum Gasteiger partial charge on any atom is -0.103 e. The maximum absolute atomic E-state index is 3.91. The van der Waals surface area contributed by atoms with Crippen LogP contribution >= 0.6 is 0 Å². The van der Waals surface area contributed by atoms with Crippen molar-refractivity contribution in [2.75, 3.05) is 0 Å². The quantitative estimate of drug-likeness (QED) is 0.384. The van der Waals surface area contributed by atoms with Gasteiger partial charge in [-0.1, -0.05) is 73.2 Å². The molecule has 0 N–H and O–H groups in total. The second kappa shape index (κ2) is 14.3. The van der Waals surface area contributed by atoms with E-state index in [0.717, 1.165) is 23.1 Å². The van der Waals surface area contributed by atoms with E-state index in [0.29, 0.717) is 0 Å². The predicted octanol–water partition coefficient (Wildman–Crippen LogP) is 8.09. The molecule has 0 amide bonds. The highest BCUT2D eigenvalue weighted by molar-refractivity contribution is 5.45. The number of hydrogen-bond acceptors (Lipinski definition) is 0. The van der Waals surface area contributed by atoms with Gasteiger partial charge in [-0.2, -0.15) is 0 Å². The van der Waals surface area contributed by atoms with Gasteiger partial charge in [0.2, 0.25) is 0 Å². The number of benzene rings is 1. The summed E-state index contributed by atoms with van der Waals surface area (Å²) in [5.41, 5.74) is 8.77. The molecule has 138 valence electrons. The van der Waals surface area contributed by atoms with E-state index in [4.69, 9.17) is 0 Å². The van der Waals surface area contributed by atoms with Gasteiger partial charge in [-0.05, 0) is 77.2 Å². The van der Waals surface area contributed by atoms with Gasteiger partial charge in [-0.15, -0.1) is 6.58 Å². The SMILES string of the molecule is C=C(C)C(=C/C(C)=C\C)C(=C)C.C=CC.CCc1ccc(C)c(C)c1. The first-order chi connectivity index (χ1) is 11.6. The molecule has 0 atom stereocenters. The predicted molar refractivity (Wildman–Crippen MR) is 118 cm³/mol. The molecule has 25 heavy (non-hydrogen) atoms. The Morgan fingerprint density at radius 3 is 1.76 bits per heavy atom. The molecule has 1 rings (SSSR count). The summed E-state index contributed by atoms with van der Waals surface area (Å²) in [6.45, 7) is 27.7. The molecule has 0 aliphatic heterocycles. The molecule has 0 spiro atoms. The van der Waals surface area contributed by atoms with Crippen LogP contribution in [0.5, 0.6) is 0 Å². The zero-order chi connectivity index (χ0) is 20.0. The van der Waals surface area contributed by atoms with E-state index in [9.17, 15) is 0 Å². The van der Waals surface area contributed by atoms with Crippen LogP contribution in [0, 0.1) is 13.8 Å². The lowest BCUT2D eigenvalue weighted by atomic mass is 10.0. The Kier molecular flexibility index (Phi) is 14.4. The molecular weight excluding hydrogens is 300 g/mol. The lowest BCUT2D eigenvalue weighted by Crippen LogP contribution is -1.86. The maximum Gasteiger partial charge on any atom is -0.0207 e. The van der Waals surface area contributed by atoms with Crippen molar-refractivity contribution in [3.05, 3.63) is 95.1 Å². The molecule has 0 aliphatic carbocycles. The Hall–Kier alpha value is -2.08. The fourth-order valence-electron chi connectivity index (χ4n) is 1.95. The van der Waals surface area contributed by atoms with Crippen molar-refractivity contribution in [2.45, 2.75) is 61.8 Å². The second-order valence-corrected chi connectivity index (χ2v) is 6.33. The molecule has 0 saturated carbocycles. The fraction of sp³-hybridized carbons (Fsp3) is 0.360. The van der Waals surface area contributed by atoms with E-state index in [1.165, 1.54) is 22.3 Å². The minimum absolute atomic E-state index is 1.07. The lowest BCUT2D eigenvalue weighted by molar-refractivity contribution is 1.12. The van der Waals surface area contributed by atoms with Crippen molar-refractivity contribution in [2.24, 2.45) is 0 Å². The van der Waals surface area contributed by atoms with Gasteiger partial charge < -0.3 is 0 Å². The molecule has 0 nitrogen and oxygen atoms in total. The molecule has 1 aromatic carbocycles. The van der Waals surface area contributed by atoms with Crippen LogP contribution < -0.4 is 0 Å². The van der Waals surface area contributed by atoms with E-state index in [1.807, 2.05) is 27.7 Å². The van der Waals surface area contributed by atoms with Gasteiger partial charge in [-0.25, -0.2) is 0 Å². The Bertz CT molecular complexity index is 605. The van der Waals surface area contributed by atoms with Crippen molar-refractivity contribution in [1.29, 1.82) is 0 Å². The Morgan fingerprint density at radius 1 is 0.960 bits per heavy atom. The molecule has 0 fully saturated rings. The highest BCUT2D eigenvalue weighted by atomic mass is 14.0. The van der Waals surface area contributed by atoms with E-state index < -0.39 is 0 Å². The molecule has 0 radical (unpaired) electrons. The molecule has 0 aliphatic rings. The topological polar surface area (TPSA) is 0 Å². The van der Waals surface area contributed by atoms with Gasteiger partial charge in [0.1, 0.15) is 0 Å². The van der Waals surface area contributed by atoms with Crippen molar-refractivity contribution in [3.8, 4) is 0 Å². The third kappa shape index (κ3) is 12.0. The fourth-order valence-corrected chi connectivity index (χ4v) is 1.95. The summed E-state index contributed by atoms with van der Waals surface area (Å²) in [7, 11) is 0. The van der Waals surface area contributed by atoms with Crippen LogP contribution in [-0.4, -0.2) is 0 Å². The highest BCUT2D eigenvalue weighted by Gasteiger charge is 1.97. The van der Waals surface area contributed by atoms with Crippen LogP contribution in [0.3, 0.4) is 0 Å². The van der Waals surface area contributed by atoms with Crippen molar-refractivity contribution in [3.63, 3.8) is 0 Å². The van der Waals surface area contributed by atoms with Crippen LogP contribution in [-0.2, 0) is 6.42 Å². The molecule has 0 unspecified atom stereocenters. The average molecular weight is 339 g/mol. The largest absolute Gasteiger partial charge is 0.103 e. The summed E-state index contributed by atoms with van der Waals surface area (Å²) in [6.07, 6.45) is 7.08. The van der Waals surface area contributed by atoms with Gasteiger partial charge in [0.25, 0.3) is 0 Å². The van der Waals surface area contributed by atoms with E-state index in [1.54, 1.807) is 6.08 Å². The number of rotatable bonds is 4. The number of aryl methyl sites for hydroxylation is 3. The Labute approximate surface area is 157 Å². The van der Waals surface area contributed by atoms with E-state index in [-0.39, 0.29) is 0 Å². The first kappa shape index (κ1) is 25.2. The van der Waals surface area contributed by atoms with E-state index >= 15 is 0 Å². The molecule has 0 bridgehead atoms. The van der Waals surface area contributed by atoms with Gasteiger partial charge >= 0.3 is 0 Å². The maximum atomic E-state index is 3.91. The Balaban J connectivity index is 0. The molecule has 0 aromatic heterocycles. The van der Waals surface area contributed by atoms with Crippen LogP contribution in [0.1, 0.15) is 58.2 Å². The van der Waals surface area contributed by atoms with E-state index in [2.05, 4.69) is 77.8 Å². The van der Waals surface area contributed by atoms with Gasteiger partial charge in [0.05, 0.1) is 0 Å². The molecular formula is C25H38. The summed E-state index contributed by atoms with van der Waals surface area (Å²) < 4.78 is 0. The molecule has 1 aromatic rings. The summed E-state index contributed by atoms with van der Waals surface area (Å²) >= 11 is 0. The first-order valence-electron chi connectivity index (χ1n) is 8.93. The number of allylic oxidation sites excluding steroid dienone is 7. The van der Waals surface area contributed by atoms with Crippen molar-refractivity contribution in [1.82, 2.24) is 0 Å². The van der Waals surface area contributed by atoms with Gasteiger partial charge in [-0.3, -0.25) is 0 Å². The van der Waals surface area contributed by atoms with Crippen LogP contribution in [0.15, 0.2) is 78.5 Å². The van der Waals surface area contributed by atoms with Crippen molar-refractivity contribution < 1.29 is 0 Å². The van der Waals surface area contributed by atoms with Crippen LogP contribution in [0.25, 0.3) is 0 Å². The van der Waals surface area contributed by atoms with Gasteiger partial charge in [0, 0.05) is 0 Å². The average Bonchev–Trinajstić information content (AvgIpc) is 2.55. The smallest absolute Gasteiger partial charge is 0.0207 e. The molecule has 0 saturated heterocycles. The summed E-state index contributed by atoms with van der Waals surface area (Å²) in [5.74, 6) is 0. The lowest BCUT2D eigenvalue weighted by Gasteiger charge is -2.05. The number of hydrogen-bond donors (Lipinski definition) is 0. The first-order valence-corrected chi connectivity index (χ1v) is 8.93. The highest BCUT2D eigenvalue weighted by Crippen LogP contribution is 2.17. The van der Waals surface area contributed by atoms with Crippen LogP contribution in [0.4, 0.5) is 0 Å². The monoisotopic (exact) mass is 338 g/mol. The zero-order valence-electron chi connectivity index (χ0n) is 17.8. The third-order valence-corrected chi connectivity index (χ3v) is 3.73. The summed E-state index contributed by atoms with van der Waals surface area (Å²) in [5, 5.41) is 0. The normalized spacial score (nSPS) is 9.68. The summed E-state index contributed by atoms with van der Waals surface area (Å²) in [6, 6.07) is 6.64. The second-order valence-electron chi connectivity index (χ2n) is 6.33. The molecule has 0 heterocycles. The van der Waals surface area contributed by atoms with Crippen LogP contribution in [0.2, 0.25) is 0 Å². The Morgan fingerprint density at radius 2 is 1.44 bits per heavy atom. The standard InChI is InChI=1S/C12H18.C10H14.C3H6/c1-7-11(6)8-12(9(2)3)10(4)5;1-4-10-6-5-8(2)9(3)7-10;1-3-2/h7-8H,2,4H2,1,3,5-6H3;5-7H,4H2,1-3H3;3H,1H2,2H3/b11-7-;;. The molecule has 0 heteroatoms. The zero-order valence-corrected chi connectivity index (χ0v) is 17.8. The van der Waals surface area contributed by atoms with Gasteiger partial charge in [0.15, 0.2) is 0 Å². The summed E-state index contributed by atoms with van der Waals surface area (Å²) in [4.78, 5) is 0. The van der Waals surface area contributed by atoms with Crippen molar-refractivity contribution >= 4 is 0 Å². The minimum atomic E-state index is 1.07.